The maximum Gasteiger partial charge on any atom is 0.410 e. The van der Waals surface area contributed by atoms with Gasteiger partial charge in [0.1, 0.15) is 6.10 Å². The van der Waals surface area contributed by atoms with Gasteiger partial charge >= 0.3 is 6.09 Å². The van der Waals surface area contributed by atoms with Crippen LogP contribution in [-0.4, -0.2) is 48.2 Å². The molecule has 5 nitrogen and oxygen atoms in total. The lowest BCUT2D eigenvalue weighted by atomic mass is 9.86. The maximum absolute atomic E-state index is 13.1. The molecule has 2 atom stereocenters. The number of furan rings is 1. The predicted molar refractivity (Wildman–Crippen MR) is 96.8 cm³/mol. The zero-order valence-electron chi connectivity index (χ0n) is 14.8. The summed E-state index contributed by atoms with van der Waals surface area (Å²) in [5.74, 6) is 0.522. The van der Waals surface area contributed by atoms with Crippen molar-refractivity contribution in [1.82, 2.24) is 9.80 Å². The second-order valence-electron chi connectivity index (χ2n) is 7.66. The molecule has 0 radical (unpaired) electrons. The second-order valence-corrected chi connectivity index (χ2v) is 7.66. The van der Waals surface area contributed by atoms with Crippen LogP contribution in [0.4, 0.5) is 4.79 Å². The van der Waals surface area contributed by atoms with Crippen molar-refractivity contribution in [1.29, 1.82) is 0 Å². The van der Waals surface area contributed by atoms with E-state index < -0.39 is 0 Å². The molecular formula is C21H24N2O3. The number of amides is 1. The van der Waals surface area contributed by atoms with E-state index in [0.717, 1.165) is 44.5 Å². The van der Waals surface area contributed by atoms with Crippen LogP contribution in [0.3, 0.4) is 0 Å². The highest BCUT2D eigenvalue weighted by Gasteiger charge is 2.39. The largest absolute Gasteiger partial charge is 0.472 e. The molecule has 0 aliphatic carbocycles. The Morgan fingerprint density at radius 2 is 1.96 bits per heavy atom. The molecule has 5 heteroatoms. The van der Waals surface area contributed by atoms with Crippen molar-refractivity contribution in [2.75, 3.05) is 26.2 Å². The molecule has 1 aromatic carbocycles. The van der Waals surface area contributed by atoms with Gasteiger partial charge in [-0.25, -0.2) is 4.79 Å². The highest BCUT2D eigenvalue weighted by atomic mass is 16.6. The Bertz CT molecular complexity index is 780. The lowest BCUT2D eigenvalue weighted by Crippen LogP contribution is -2.53. The number of carbonyl (C=O) groups excluding carboxylic acids is 1. The predicted octanol–water partition coefficient (Wildman–Crippen LogP) is 3.46. The number of ether oxygens (including phenoxy) is 1. The number of rotatable bonds is 2. The van der Waals surface area contributed by atoms with Crippen LogP contribution in [0.5, 0.6) is 0 Å². The summed E-state index contributed by atoms with van der Waals surface area (Å²) in [6.45, 7) is 3.85. The van der Waals surface area contributed by atoms with E-state index >= 15 is 0 Å². The highest BCUT2D eigenvalue weighted by Crippen LogP contribution is 2.37. The van der Waals surface area contributed by atoms with Gasteiger partial charge in [-0.2, -0.15) is 0 Å². The van der Waals surface area contributed by atoms with E-state index in [1.807, 2.05) is 17.0 Å². The number of benzene rings is 1. The van der Waals surface area contributed by atoms with Crippen molar-refractivity contribution in [2.24, 2.45) is 5.92 Å². The van der Waals surface area contributed by atoms with Gasteiger partial charge in [0.2, 0.25) is 0 Å². The number of hydrogen-bond donors (Lipinski definition) is 0. The molecule has 26 heavy (non-hydrogen) atoms. The first-order valence-electron chi connectivity index (χ1n) is 9.59. The number of nitrogens with zero attached hydrogens (tertiary/aromatic N) is 2. The Balaban J connectivity index is 1.41. The average molecular weight is 352 g/mol. The van der Waals surface area contributed by atoms with Crippen molar-refractivity contribution < 1.29 is 13.9 Å². The summed E-state index contributed by atoms with van der Waals surface area (Å²) in [5.41, 5.74) is 3.47. The van der Waals surface area contributed by atoms with Gasteiger partial charge in [-0.3, -0.25) is 9.80 Å². The first-order valence-corrected chi connectivity index (χ1v) is 9.59. The number of hydrogen-bond acceptors (Lipinski definition) is 4. The molecule has 0 N–H and O–H groups in total. The van der Waals surface area contributed by atoms with Gasteiger partial charge in [0.15, 0.2) is 0 Å². The Morgan fingerprint density at radius 1 is 1.12 bits per heavy atom. The van der Waals surface area contributed by atoms with E-state index in [1.165, 1.54) is 11.1 Å². The Labute approximate surface area is 153 Å². The van der Waals surface area contributed by atoms with Gasteiger partial charge in [-0.1, -0.05) is 24.3 Å². The summed E-state index contributed by atoms with van der Waals surface area (Å²) >= 11 is 0. The molecule has 5 heterocycles. The van der Waals surface area contributed by atoms with Crippen LogP contribution in [0.2, 0.25) is 0 Å². The van der Waals surface area contributed by atoms with Gasteiger partial charge in [0.25, 0.3) is 0 Å². The van der Waals surface area contributed by atoms with E-state index in [1.54, 1.807) is 12.5 Å². The molecule has 1 amide bonds. The molecule has 1 aromatic heterocycles. The van der Waals surface area contributed by atoms with Crippen LogP contribution in [-0.2, 0) is 11.2 Å². The van der Waals surface area contributed by atoms with Crippen LogP contribution < -0.4 is 0 Å². The topological polar surface area (TPSA) is 45.9 Å². The summed E-state index contributed by atoms with van der Waals surface area (Å²) in [4.78, 5) is 17.4. The zero-order valence-corrected chi connectivity index (χ0v) is 14.8. The minimum Gasteiger partial charge on any atom is -0.472 e. The minimum atomic E-state index is -0.190. The smallest absolute Gasteiger partial charge is 0.410 e. The standard InChI is InChI=1S/C21H24N2O3/c24-21(26-19-13-22-9-5-16(19)6-10-22)23-11-7-15-3-1-2-4-18(15)20(23)17-8-12-25-14-17/h1-4,8,12,14,16,19-20H,5-7,9-11,13H2/t19-,20-/m1/s1. The maximum atomic E-state index is 13.1. The molecule has 4 aliphatic rings. The van der Waals surface area contributed by atoms with Crippen molar-refractivity contribution in [3.05, 3.63) is 59.5 Å². The zero-order chi connectivity index (χ0) is 17.5. The minimum absolute atomic E-state index is 0.0344. The van der Waals surface area contributed by atoms with Crippen LogP contribution >= 0.6 is 0 Å². The SMILES string of the molecule is O=C(O[C@@H]1CN2CCC1CC2)N1CCc2ccccc2[C@H]1c1ccoc1. The van der Waals surface area contributed by atoms with Crippen LogP contribution in [0.25, 0.3) is 0 Å². The number of fused-ring (bicyclic) bond motifs is 4. The third-order valence-electron chi connectivity index (χ3n) is 6.23. The quantitative estimate of drug-likeness (QED) is 0.830. The summed E-state index contributed by atoms with van der Waals surface area (Å²) < 4.78 is 11.3. The number of piperidine rings is 3. The van der Waals surface area contributed by atoms with Crippen LogP contribution in [0.15, 0.2) is 47.3 Å². The van der Waals surface area contributed by atoms with E-state index in [4.69, 9.17) is 9.15 Å². The fourth-order valence-electron chi connectivity index (χ4n) is 4.79. The molecule has 0 unspecified atom stereocenters. The summed E-state index contributed by atoms with van der Waals surface area (Å²) in [7, 11) is 0. The van der Waals surface area contributed by atoms with E-state index in [0.29, 0.717) is 12.5 Å². The second kappa shape index (κ2) is 6.47. The lowest BCUT2D eigenvalue weighted by molar-refractivity contribution is -0.0462. The lowest BCUT2D eigenvalue weighted by Gasteiger charge is -2.45. The molecule has 6 rings (SSSR count). The third kappa shape index (κ3) is 2.71. The van der Waals surface area contributed by atoms with Crippen LogP contribution in [0, 0.1) is 5.92 Å². The molecule has 0 saturated carbocycles. The molecule has 136 valence electrons. The molecule has 0 spiro atoms. The first kappa shape index (κ1) is 15.9. The number of carbonyl (C=O) groups is 1. The Hall–Kier alpha value is -2.27. The Morgan fingerprint density at radius 3 is 2.69 bits per heavy atom. The fraction of sp³-hybridized carbons (Fsp3) is 0.476. The summed E-state index contributed by atoms with van der Waals surface area (Å²) in [6.07, 6.45) is 6.40. The molecule has 4 aliphatic heterocycles. The van der Waals surface area contributed by atoms with Gasteiger partial charge in [-0.05, 0) is 55.5 Å². The highest BCUT2D eigenvalue weighted by molar-refractivity contribution is 5.70. The van der Waals surface area contributed by atoms with Gasteiger partial charge in [0.05, 0.1) is 18.6 Å². The third-order valence-corrected chi connectivity index (χ3v) is 6.23. The Kier molecular flexibility index (Phi) is 3.97. The van der Waals surface area contributed by atoms with E-state index in [9.17, 15) is 4.79 Å². The molecular weight excluding hydrogens is 328 g/mol. The van der Waals surface area contributed by atoms with Gasteiger partial charge in [0, 0.05) is 18.7 Å². The van der Waals surface area contributed by atoms with E-state index in [-0.39, 0.29) is 18.2 Å². The molecule has 3 fully saturated rings. The molecule has 2 bridgehead atoms. The molecule has 2 aromatic rings. The monoisotopic (exact) mass is 352 g/mol. The summed E-state index contributed by atoms with van der Waals surface area (Å²) in [5, 5.41) is 0. The van der Waals surface area contributed by atoms with E-state index in [2.05, 4.69) is 23.1 Å². The van der Waals surface area contributed by atoms with Crippen molar-refractivity contribution >= 4 is 6.09 Å². The fourth-order valence-corrected chi connectivity index (χ4v) is 4.79. The van der Waals surface area contributed by atoms with Crippen LogP contribution in [0.1, 0.15) is 35.6 Å². The first-order chi connectivity index (χ1) is 12.8. The van der Waals surface area contributed by atoms with Crippen molar-refractivity contribution in [2.45, 2.75) is 31.4 Å². The van der Waals surface area contributed by atoms with Crippen molar-refractivity contribution in [3.8, 4) is 0 Å². The average Bonchev–Trinajstić information content (AvgIpc) is 3.22. The summed E-state index contributed by atoms with van der Waals surface area (Å²) in [6, 6.07) is 10.2. The van der Waals surface area contributed by atoms with Gasteiger partial charge in [-0.15, -0.1) is 0 Å². The normalized spacial score (nSPS) is 30.1. The van der Waals surface area contributed by atoms with Crippen molar-refractivity contribution in [3.63, 3.8) is 0 Å². The molecule has 3 saturated heterocycles. The van der Waals surface area contributed by atoms with Gasteiger partial charge < -0.3 is 9.15 Å².